The first kappa shape index (κ1) is 20.9. The average molecular weight is 399 g/mol. The lowest BCUT2D eigenvalue weighted by atomic mass is 9.72. The van der Waals surface area contributed by atoms with E-state index in [-0.39, 0.29) is 5.60 Å². The highest BCUT2D eigenvalue weighted by Crippen LogP contribution is 2.41. The number of piperidine rings is 2. The summed E-state index contributed by atoms with van der Waals surface area (Å²) >= 11 is 0. The first-order valence-electron chi connectivity index (χ1n) is 11.6. The predicted octanol–water partition coefficient (Wildman–Crippen LogP) is 4.14. The Morgan fingerprint density at radius 3 is 2.59 bits per heavy atom. The lowest BCUT2D eigenvalue weighted by Crippen LogP contribution is -2.52. The van der Waals surface area contributed by atoms with E-state index in [1.54, 1.807) is 0 Å². The van der Waals surface area contributed by atoms with Crippen molar-refractivity contribution in [3.8, 4) is 0 Å². The van der Waals surface area contributed by atoms with Gasteiger partial charge in [0.1, 0.15) is 0 Å². The van der Waals surface area contributed by atoms with Gasteiger partial charge >= 0.3 is 0 Å². The zero-order valence-electron chi connectivity index (χ0n) is 18.4. The van der Waals surface area contributed by atoms with Gasteiger partial charge in [-0.3, -0.25) is 4.79 Å². The van der Waals surface area contributed by atoms with Crippen molar-refractivity contribution in [3.05, 3.63) is 35.9 Å². The fourth-order valence-electron chi connectivity index (χ4n) is 5.71. The van der Waals surface area contributed by atoms with Gasteiger partial charge in [0.15, 0.2) is 0 Å². The number of benzene rings is 1. The molecule has 0 aromatic heterocycles. The minimum Gasteiger partial charge on any atom is -0.376 e. The monoisotopic (exact) mass is 398 g/mol. The van der Waals surface area contributed by atoms with Gasteiger partial charge in [-0.1, -0.05) is 30.3 Å². The molecule has 3 aliphatic heterocycles. The molecular weight excluding hydrogens is 360 g/mol. The Kier molecular flexibility index (Phi) is 6.31. The molecule has 0 radical (unpaired) electrons. The molecule has 0 aliphatic carbocycles. The van der Waals surface area contributed by atoms with Gasteiger partial charge in [-0.25, -0.2) is 0 Å². The van der Waals surface area contributed by atoms with E-state index in [4.69, 9.17) is 4.74 Å². The third-order valence-corrected chi connectivity index (χ3v) is 7.49. The van der Waals surface area contributed by atoms with Crippen LogP contribution in [-0.2, 0) is 16.0 Å². The van der Waals surface area contributed by atoms with Crippen LogP contribution in [0.1, 0.15) is 57.9 Å². The van der Waals surface area contributed by atoms with Crippen LogP contribution in [0.4, 0.5) is 0 Å². The molecule has 0 N–H and O–H groups in total. The lowest BCUT2D eigenvalue weighted by Gasteiger charge is -2.48. The van der Waals surface area contributed by atoms with Crippen LogP contribution in [0.3, 0.4) is 0 Å². The topological polar surface area (TPSA) is 32.8 Å². The van der Waals surface area contributed by atoms with Crippen molar-refractivity contribution in [2.24, 2.45) is 11.3 Å². The van der Waals surface area contributed by atoms with Crippen molar-refractivity contribution in [1.82, 2.24) is 9.80 Å². The van der Waals surface area contributed by atoms with Crippen LogP contribution in [0.5, 0.6) is 0 Å². The van der Waals surface area contributed by atoms with Gasteiger partial charge in [0.2, 0.25) is 5.91 Å². The molecular formula is C25H38N2O2. The van der Waals surface area contributed by atoms with Crippen LogP contribution in [0.25, 0.3) is 0 Å². The molecule has 160 valence electrons. The molecule has 29 heavy (non-hydrogen) atoms. The molecule has 1 atom stereocenters. The summed E-state index contributed by atoms with van der Waals surface area (Å²) in [6.07, 6.45) is 7.66. The molecule has 0 saturated carbocycles. The highest BCUT2D eigenvalue weighted by atomic mass is 16.5. The van der Waals surface area contributed by atoms with Crippen LogP contribution in [0.15, 0.2) is 30.3 Å². The standard InChI is InChI=1S/C25H38N2O2/c1-24(2)18-22(10-17-29-24)19-26-15-12-25(13-16-26)11-8-23(28)27(20-25)14-9-21-6-4-3-5-7-21/h3-7,22H,8-20H2,1-2H3. The fourth-order valence-corrected chi connectivity index (χ4v) is 5.71. The van der Waals surface area contributed by atoms with Crippen LogP contribution < -0.4 is 0 Å². The molecule has 4 heteroatoms. The third kappa shape index (κ3) is 5.40. The second-order valence-corrected chi connectivity index (χ2v) is 10.3. The number of hydrogen-bond acceptors (Lipinski definition) is 3. The lowest BCUT2D eigenvalue weighted by molar-refractivity contribution is -0.139. The Bertz CT molecular complexity index is 679. The van der Waals surface area contributed by atoms with Gasteiger partial charge in [0.25, 0.3) is 0 Å². The van der Waals surface area contributed by atoms with E-state index < -0.39 is 0 Å². The zero-order chi connectivity index (χ0) is 20.3. The number of amides is 1. The molecule has 3 heterocycles. The molecule has 1 spiro atoms. The molecule has 1 aromatic rings. The molecule has 4 nitrogen and oxygen atoms in total. The molecule has 1 aromatic carbocycles. The van der Waals surface area contributed by atoms with Crippen LogP contribution in [-0.4, -0.2) is 60.6 Å². The summed E-state index contributed by atoms with van der Waals surface area (Å²) in [5, 5.41) is 0. The number of carbonyl (C=O) groups is 1. The Morgan fingerprint density at radius 1 is 1.10 bits per heavy atom. The summed E-state index contributed by atoms with van der Waals surface area (Å²) < 4.78 is 5.90. The van der Waals surface area contributed by atoms with Gasteiger partial charge in [-0.15, -0.1) is 0 Å². The number of ether oxygens (including phenoxy) is 1. The van der Waals surface area contributed by atoms with Crippen LogP contribution in [0, 0.1) is 11.3 Å². The van der Waals surface area contributed by atoms with Gasteiger partial charge in [0, 0.05) is 32.7 Å². The van der Waals surface area contributed by atoms with E-state index in [0.717, 1.165) is 44.9 Å². The Hall–Kier alpha value is -1.39. The Morgan fingerprint density at radius 2 is 1.86 bits per heavy atom. The molecule has 1 amide bonds. The summed E-state index contributed by atoms with van der Waals surface area (Å²) in [4.78, 5) is 17.4. The van der Waals surface area contributed by atoms with Crippen molar-refractivity contribution in [2.45, 2.75) is 64.4 Å². The number of nitrogens with zero attached hydrogens (tertiary/aromatic N) is 2. The highest BCUT2D eigenvalue weighted by Gasteiger charge is 2.41. The van der Waals surface area contributed by atoms with Crippen molar-refractivity contribution in [2.75, 3.05) is 39.3 Å². The van der Waals surface area contributed by atoms with Crippen molar-refractivity contribution in [1.29, 1.82) is 0 Å². The van der Waals surface area contributed by atoms with E-state index in [2.05, 4.69) is 54.0 Å². The molecule has 1 unspecified atom stereocenters. The van der Waals surface area contributed by atoms with Gasteiger partial charge in [0.05, 0.1) is 5.60 Å². The average Bonchev–Trinajstić information content (AvgIpc) is 2.71. The summed E-state index contributed by atoms with van der Waals surface area (Å²) in [6, 6.07) is 10.6. The van der Waals surface area contributed by atoms with Crippen molar-refractivity contribution >= 4 is 5.91 Å². The Labute approximate surface area is 176 Å². The molecule has 4 rings (SSSR count). The molecule has 3 fully saturated rings. The van der Waals surface area contributed by atoms with E-state index in [0.29, 0.717) is 11.3 Å². The summed E-state index contributed by atoms with van der Waals surface area (Å²) in [7, 11) is 0. The molecule has 0 bridgehead atoms. The number of hydrogen-bond donors (Lipinski definition) is 0. The maximum atomic E-state index is 12.5. The zero-order valence-corrected chi connectivity index (χ0v) is 18.4. The molecule has 3 aliphatic rings. The second-order valence-electron chi connectivity index (χ2n) is 10.3. The number of rotatable bonds is 5. The summed E-state index contributed by atoms with van der Waals surface area (Å²) in [5.74, 6) is 1.13. The van der Waals surface area contributed by atoms with E-state index in [1.807, 2.05) is 0 Å². The largest absolute Gasteiger partial charge is 0.376 e. The third-order valence-electron chi connectivity index (χ3n) is 7.49. The highest BCUT2D eigenvalue weighted by molar-refractivity contribution is 5.77. The molecule has 3 saturated heterocycles. The maximum Gasteiger partial charge on any atom is 0.222 e. The predicted molar refractivity (Wildman–Crippen MR) is 117 cm³/mol. The minimum atomic E-state index is 0.0446. The van der Waals surface area contributed by atoms with Crippen molar-refractivity contribution in [3.63, 3.8) is 0 Å². The van der Waals surface area contributed by atoms with Gasteiger partial charge in [-0.05, 0) is 82.4 Å². The smallest absolute Gasteiger partial charge is 0.222 e. The quantitative estimate of drug-likeness (QED) is 0.747. The first-order valence-corrected chi connectivity index (χ1v) is 11.6. The van der Waals surface area contributed by atoms with Crippen LogP contribution in [0.2, 0.25) is 0 Å². The minimum absolute atomic E-state index is 0.0446. The number of likely N-dealkylation sites (tertiary alicyclic amines) is 2. The summed E-state index contributed by atoms with van der Waals surface area (Å²) in [5.41, 5.74) is 1.73. The SMILES string of the molecule is CC1(C)CC(CN2CCC3(CCC(=O)N(CCc4ccccc4)C3)CC2)CCO1. The van der Waals surface area contributed by atoms with E-state index in [9.17, 15) is 4.79 Å². The normalized spacial score (nSPS) is 27.3. The van der Waals surface area contributed by atoms with Gasteiger partial charge in [-0.2, -0.15) is 0 Å². The first-order chi connectivity index (χ1) is 13.9. The Balaban J connectivity index is 1.27. The summed E-state index contributed by atoms with van der Waals surface area (Å²) in [6.45, 7) is 10.8. The maximum absolute atomic E-state index is 12.5. The van der Waals surface area contributed by atoms with E-state index in [1.165, 1.54) is 50.9 Å². The van der Waals surface area contributed by atoms with Crippen LogP contribution >= 0.6 is 0 Å². The van der Waals surface area contributed by atoms with E-state index >= 15 is 0 Å². The van der Waals surface area contributed by atoms with Crippen molar-refractivity contribution < 1.29 is 9.53 Å². The van der Waals surface area contributed by atoms with Gasteiger partial charge < -0.3 is 14.5 Å². The number of carbonyl (C=O) groups excluding carboxylic acids is 1. The second kappa shape index (κ2) is 8.77. The fraction of sp³-hybridized carbons (Fsp3) is 0.720.